The van der Waals surface area contributed by atoms with E-state index in [1.54, 1.807) is 49.0 Å². The molecule has 0 radical (unpaired) electrons. The van der Waals surface area contributed by atoms with Crippen molar-refractivity contribution in [1.29, 1.82) is 0 Å². The first kappa shape index (κ1) is 17.2. The highest BCUT2D eigenvalue weighted by molar-refractivity contribution is 8.18. The number of carbonyl (C=O) groups is 3. The molecule has 7 nitrogen and oxygen atoms in total. The average Bonchev–Trinajstić information content (AvgIpc) is 3.20. The normalized spacial score (nSPS) is 15.7. The van der Waals surface area contributed by atoms with Crippen molar-refractivity contribution in [2.24, 2.45) is 0 Å². The quantitative estimate of drug-likeness (QED) is 0.809. The Labute approximate surface area is 151 Å². The molecule has 0 bridgehead atoms. The van der Waals surface area contributed by atoms with Crippen LogP contribution in [-0.2, 0) is 9.59 Å². The van der Waals surface area contributed by atoms with Gasteiger partial charge in [-0.1, -0.05) is 12.1 Å². The van der Waals surface area contributed by atoms with Crippen LogP contribution in [0.4, 0.5) is 9.93 Å². The first-order valence-corrected chi connectivity index (χ1v) is 8.85. The van der Waals surface area contributed by atoms with Crippen LogP contribution in [0.5, 0.6) is 5.75 Å². The van der Waals surface area contributed by atoms with Crippen molar-refractivity contribution in [3.05, 3.63) is 46.3 Å². The first-order valence-electron chi connectivity index (χ1n) is 7.15. The van der Waals surface area contributed by atoms with Crippen molar-refractivity contribution in [3.63, 3.8) is 0 Å². The molecule has 0 atom stereocenters. The molecule has 1 fully saturated rings. The predicted octanol–water partition coefficient (Wildman–Crippen LogP) is 2.83. The zero-order chi connectivity index (χ0) is 17.8. The fraction of sp³-hybridized carbons (Fsp3) is 0.125. The average molecular weight is 375 g/mol. The summed E-state index contributed by atoms with van der Waals surface area (Å²) in [6.45, 7) is -0.343. The lowest BCUT2D eigenvalue weighted by Crippen LogP contribution is -2.36. The van der Waals surface area contributed by atoms with Gasteiger partial charge in [0, 0.05) is 11.6 Å². The van der Waals surface area contributed by atoms with Gasteiger partial charge in [-0.05, 0) is 35.5 Å². The van der Waals surface area contributed by atoms with E-state index in [9.17, 15) is 14.4 Å². The molecule has 1 aromatic heterocycles. The largest absolute Gasteiger partial charge is 0.497 e. The van der Waals surface area contributed by atoms with Crippen molar-refractivity contribution in [3.8, 4) is 5.75 Å². The van der Waals surface area contributed by atoms with Crippen LogP contribution in [0.3, 0.4) is 0 Å². The number of anilines is 1. The van der Waals surface area contributed by atoms with Crippen LogP contribution in [0.25, 0.3) is 6.08 Å². The molecular formula is C16H13N3O4S2. The maximum absolute atomic E-state index is 12.4. The molecule has 0 spiro atoms. The number of benzene rings is 1. The number of thiazole rings is 1. The van der Waals surface area contributed by atoms with Gasteiger partial charge in [0.2, 0.25) is 5.91 Å². The maximum atomic E-state index is 12.4. The molecule has 0 unspecified atom stereocenters. The first-order chi connectivity index (χ1) is 12.1. The minimum absolute atomic E-state index is 0.275. The van der Waals surface area contributed by atoms with E-state index in [4.69, 9.17) is 4.74 Å². The highest BCUT2D eigenvalue weighted by Crippen LogP contribution is 2.32. The Balaban J connectivity index is 1.68. The predicted molar refractivity (Wildman–Crippen MR) is 96.4 cm³/mol. The second-order valence-electron chi connectivity index (χ2n) is 4.93. The number of nitrogens with zero attached hydrogens (tertiary/aromatic N) is 2. The molecule has 1 aliphatic rings. The molecule has 25 heavy (non-hydrogen) atoms. The second-order valence-corrected chi connectivity index (χ2v) is 6.81. The molecule has 2 aromatic rings. The number of methoxy groups -OCH3 is 1. The number of carbonyl (C=O) groups excluding carboxylic acids is 3. The number of aromatic nitrogens is 1. The van der Waals surface area contributed by atoms with Crippen LogP contribution in [-0.4, -0.2) is 40.6 Å². The number of nitrogens with one attached hydrogen (secondary N) is 1. The van der Waals surface area contributed by atoms with E-state index in [2.05, 4.69) is 10.3 Å². The summed E-state index contributed by atoms with van der Waals surface area (Å²) in [5, 5.41) is 4.21. The zero-order valence-corrected chi connectivity index (χ0v) is 14.7. The lowest BCUT2D eigenvalue weighted by atomic mass is 10.2. The van der Waals surface area contributed by atoms with Crippen LogP contribution in [0, 0.1) is 0 Å². The minimum atomic E-state index is -0.486. The SMILES string of the molecule is COc1ccc(/C=C2\SC(=O)N(CC(=O)Nc3nccs3)C2=O)cc1. The van der Waals surface area contributed by atoms with E-state index in [-0.39, 0.29) is 11.4 Å². The van der Waals surface area contributed by atoms with Gasteiger partial charge in [-0.2, -0.15) is 0 Å². The van der Waals surface area contributed by atoms with Gasteiger partial charge in [-0.15, -0.1) is 11.3 Å². The molecule has 1 aliphatic heterocycles. The molecule has 1 aromatic carbocycles. The molecule has 2 heterocycles. The number of thioether (sulfide) groups is 1. The summed E-state index contributed by atoms with van der Waals surface area (Å²) in [7, 11) is 1.57. The van der Waals surface area contributed by atoms with Crippen LogP contribution >= 0.6 is 23.1 Å². The molecule has 3 amide bonds. The maximum Gasteiger partial charge on any atom is 0.294 e. The third kappa shape index (κ3) is 4.06. The van der Waals surface area contributed by atoms with Crippen molar-refractivity contribution < 1.29 is 19.1 Å². The van der Waals surface area contributed by atoms with E-state index in [1.807, 2.05) is 0 Å². The number of ether oxygens (including phenoxy) is 1. The van der Waals surface area contributed by atoms with Crippen molar-refractivity contribution in [1.82, 2.24) is 9.88 Å². The summed E-state index contributed by atoms with van der Waals surface area (Å²) < 4.78 is 5.08. The van der Waals surface area contributed by atoms with E-state index in [0.717, 1.165) is 22.2 Å². The second kappa shape index (κ2) is 7.49. The van der Waals surface area contributed by atoms with Gasteiger partial charge < -0.3 is 10.1 Å². The van der Waals surface area contributed by atoms with Crippen molar-refractivity contribution in [2.45, 2.75) is 0 Å². The molecular weight excluding hydrogens is 362 g/mol. The molecule has 128 valence electrons. The highest BCUT2D eigenvalue weighted by atomic mass is 32.2. The summed E-state index contributed by atoms with van der Waals surface area (Å²) in [5.74, 6) is -0.257. The van der Waals surface area contributed by atoms with Crippen LogP contribution < -0.4 is 10.1 Å². The number of hydrogen-bond acceptors (Lipinski definition) is 7. The van der Waals surface area contributed by atoms with Gasteiger partial charge in [0.05, 0.1) is 12.0 Å². The summed E-state index contributed by atoms with van der Waals surface area (Å²) in [5.41, 5.74) is 0.763. The van der Waals surface area contributed by atoms with E-state index in [0.29, 0.717) is 10.9 Å². The van der Waals surface area contributed by atoms with Crippen molar-refractivity contribution in [2.75, 3.05) is 19.0 Å². The Bertz CT molecular complexity index is 832. The topological polar surface area (TPSA) is 88.6 Å². The van der Waals surface area contributed by atoms with Gasteiger partial charge in [-0.25, -0.2) is 4.98 Å². The van der Waals surface area contributed by atoms with E-state index < -0.39 is 17.1 Å². The Morgan fingerprint density at radius 1 is 1.32 bits per heavy atom. The summed E-state index contributed by atoms with van der Waals surface area (Å²) >= 11 is 2.07. The Kier molecular flexibility index (Phi) is 5.15. The van der Waals surface area contributed by atoms with Crippen LogP contribution in [0.15, 0.2) is 40.7 Å². The standard InChI is InChI=1S/C16H13N3O4S2/c1-23-11-4-2-10(3-5-11)8-12-14(21)19(16(22)25-12)9-13(20)18-15-17-6-7-24-15/h2-8H,9H2,1H3,(H,17,18,20)/b12-8-. The Morgan fingerprint density at radius 2 is 2.08 bits per heavy atom. The van der Waals surface area contributed by atoms with Gasteiger partial charge >= 0.3 is 0 Å². The number of imide groups is 1. The summed E-state index contributed by atoms with van der Waals surface area (Å²) in [6, 6.07) is 7.08. The Morgan fingerprint density at radius 3 is 2.72 bits per heavy atom. The summed E-state index contributed by atoms with van der Waals surface area (Å²) in [4.78, 5) is 41.5. The molecule has 0 aliphatic carbocycles. The van der Waals surface area contributed by atoms with Gasteiger partial charge in [0.25, 0.3) is 11.1 Å². The van der Waals surface area contributed by atoms with Crippen molar-refractivity contribution >= 4 is 51.4 Å². The lowest BCUT2D eigenvalue weighted by molar-refractivity contribution is -0.127. The van der Waals surface area contributed by atoms with Gasteiger partial charge in [0.1, 0.15) is 12.3 Å². The smallest absolute Gasteiger partial charge is 0.294 e. The third-order valence-electron chi connectivity index (χ3n) is 3.27. The third-order valence-corrected chi connectivity index (χ3v) is 4.86. The number of rotatable bonds is 5. The molecule has 3 rings (SSSR count). The van der Waals surface area contributed by atoms with E-state index in [1.165, 1.54) is 11.3 Å². The highest BCUT2D eigenvalue weighted by Gasteiger charge is 2.36. The van der Waals surface area contributed by atoms with Crippen LogP contribution in [0.1, 0.15) is 5.56 Å². The lowest BCUT2D eigenvalue weighted by Gasteiger charge is -2.11. The van der Waals surface area contributed by atoms with Crippen LogP contribution in [0.2, 0.25) is 0 Å². The fourth-order valence-corrected chi connectivity index (χ4v) is 3.46. The van der Waals surface area contributed by atoms with Gasteiger partial charge in [-0.3, -0.25) is 19.3 Å². The number of amides is 3. The fourth-order valence-electron chi connectivity index (χ4n) is 2.08. The van der Waals surface area contributed by atoms with E-state index >= 15 is 0 Å². The number of hydrogen-bond donors (Lipinski definition) is 1. The summed E-state index contributed by atoms with van der Waals surface area (Å²) in [6.07, 6.45) is 3.17. The monoisotopic (exact) mass is 375 g/mol. The zero-order valence-electron chi connectivity index (χ0n) is 13.1. The molecule has 0 saturated carbocycles. The van der Waals surface area contributed by atoms with Gasteiger partial charge in [0.15, 0.2) is 5.13 Å². The molecule has 9 heteroatoms. The minimum Gasteiger partial charge on any atom is -0.497 e. The Hall–Kier alpha value is -2.65. The molecule has 1 N–H and O–H groups in total. The molecule has 1 saturated heterocycles.